The van der Waals surface area contributed by atoms with Crippen LogP contribution in [0.1, 0.15) is 93.1 Å². The molecule has 2 atom stereocenters. The first-order chi connectivity index (χ1) is 21.0. The molecule has 2 bridgehead atoms. The number of nitrogens with one attached hydrogen (secondary N) is 2. The van der Waals surface area contributed by atoms with E-state index >= 15 is 0 Å². The maximum atomic E-state index is 6.38. The largest absolute Gasteiger partial charge is 0.384 e. The lowest BCUT2D eigenvalue weighted by molar-refractivity contribution is 0.433. The fourth-order valence-electron chi connectivity index (χ4n) is 7.88. The third-order valence-corrected chi connectivity index (χ3v) is 10.3. The summed E-state index contributed by atoms with van der Waals surface area (Å²) in [5.41, 5.74) is 11.6. The molecule has 0 saturated carbocycles. The smallest absolute Gasteiger partial charge is 0.0741 e. The Labute approximate surface area is 314 Å². The number of nitrogens with zero attached hydrogens (tertiary/aromatic N) is 2. The van der Waals surface area contributed by atoms with Gasteiger partial charge in [0, 0.05) is 62.2 Å². The lowest BCUT2D eigenvalue weighted by atomic mass is 9.71. The molecule has 0 radical (unpaired) electrons. The predicted octanol–water partition coefficient (Wildman–Crippen LogP) is 12.1. The second-order valence-corrected chi connectivity index (χ2v) is 13.9. The van der Waals surface area contributed by atoms with Crippen LogP contribution in [0.15, 0.2) is 48.0 Å². The number of pyridine rings is 2. The lowest BCUT2D eigenvalue weighted by Crippen LogP contribution is -2.24. The zero-order valence-electron chi connectivity index (χ0n) is 26.9. The topological polar surface area (TPSA) is 49.8 Å². The summed E-state index contributed by atoms with van der Waals surface area (Å²) in [4.78, 5) is 10.1. The van der Waals surface area contributed by atoms with E-state index in [0.29, 0.717) is 11.8 Å². The Morgan fingerprint density at radius 2 is 1.28 bits per heavy atom. The van der Waals surface area contributed by atoms with Gasteiger partial charge in [0.2, 0.25) is 0 Å². The maximum absolute atomic E-state index is 6.38. The normalized spacial score (nSPS) is 17.6. The van der Waals surface area contributed by atoms with Gasteiger partial charge in [-0.2, -0.15) is 0 Å². The van der Waals surface area contributed by atoms with Crippen LogP contribution in [0, 0.1) is 5.92 Å². The van der Waals surface area contributed by atoms with Crippen molar-refractivity contribution in [1.29, 1.82) is 0 Å². The number of halogens is 6. The number of anilines is 2. The molecule has 2 N–H and O–H groups in total. The van der Waals surface area contributed by atoms with Crippen molar-refractivity contribution in [3.05, 3.63) is 80.6 Å². The zero-order valence-corrected chi connectivity index (χ0v) is 31.7. The summed E-state index contributed by atoms with van der Waals surface area (Å²) >= 11 is 12.7. The first-order valence-corrected chi connectivity index (χ1v) is 17.2. The average Bonchev–Trinajstić information content (AvgIpc) is 2.98. The summed E-state index contributed by atoms with van der Waals surface area (Å²) < 4.78 is 0. The van der Waals surface area contributed by atoms with Gasteiger partial charge in [0.05, 0.1) is 11.0 Å². The van der Waals surface area contributed by atoms with Gasteiger partial charge in [-0.1, -0.05) is 54.1 Å². The Kier molecular flexibility index (Phi) is 15.1. The van der Waals surface area contributed by atoms with Crippen LogP contribution < -0.4 is 10.6 Å². The molecule has 0 spiro atoms. The third-order valence-electron chi connectivity index (χ3n) is 9.79. The van der Waals surface area contributed by atoms with Gasteiger partial charge in [-0.15, -0.1) is 49.6 Å². The predicted molar refractivity (Wildman–Crippen MR) is 212 cm³/mol. The van der Waals surface area contributed by atoms with Crippen LogP contribution in [0.3, 0.4) is 0 Å². The van der Waals surface area contributed by atoms with Crippen LogP contribution in [0.2, 0.25) is 10.0 Å². The number of rotatable bonds is 10. The fourth-order valence-corrected chi connectivity index (χ4v) is 8.22. The maximum Gasteiger partial charge on any atom is 0.0741 e. The molecule has 256 valence electrons. The Morgan fingerprint density at radius 1 is 0.702 bits per heavy atom. The van der Waals surface area contributed by atoms with Gasteiger partial charge in [0.25, 0.3) is 0 Å². The fraction of sp³-hybridized carbons (Fsp3) is 0.459. The van der Waals surface area contributed by atoms with Crippen molar-refractivity contribution in [3.63, 3.8) is 0 Å². The Hall–Kier alpha value is -1.66. The number of aromatic nitrogens is 2. The quantitative estimate of drug-likeness (QED) is 0.125. The van der Waals surface area contributed by atoms with Crippen molar-refractivity contribution in [1.82, 2.24) is 9.97 Å². The van der Waals surface area contributed by atoms with E-state index in [9.17, 15) is 0 Å². The molecule has 2 heterocycles. The molecule has 3 aliphatic carbocycles. The van der Waals surface area contributed by atoms with Gasteiger partial charge in [-0.3, -0.25) is 9.97 Å². The molecule has 0 amide bonds. The first-order valence-electron chi connectivity index (χ1n) is 16.4. The van der Waals surface area contributed by atoms with Crippen molar-refractivity contribution >= 4 is 106 Å². The molecular formula is C37H46Cl6N4. The van der Waals surface area contributed by atoms with Gasteiger partial charge in [0.15, 0.2) is 0 Å². The van der Waals surface area contributed by atoms with Crippen molar-refractivity contribution in [2.45, 2.75) is 89.9 Å². The number of allylic oxidation sites excluding steroid dienone is 2. The Morgan fingerprint density at radius 3 is 1.96 bits per heavy atom. The summed E-state index contributed by atoms with van der Waals surface area (Å²) in [5.74, 6) is 1.19. The van der Waals surface area contributed by atoms with E-state index in [2.05, 4.69) is 35.8 Å². The number of benzene rings is 2. The van der Waals surface area contributed by atoms with Crippen molar-refractivity contribution in [2.24, 2.45) is 5.92 Å². The minimum Gasteiger partial charge on any atom is -0.384 e. The standard InChI is InChI=1S/C37H42Cl2N4.4ClH/c1-23-17-24-19-25(18-23)35-34(20-24)43-33-22-27(39)12-14-30(33)37(35)41-16-8-4-2-3-7-15-40-36-28-9-5-6-10-31(28)42-32-21-26(38)11-13-29(32)36;;;;/h11-14,17,21-22,24-25H,2-10,15-16,18-20H2,1H3,(H,40,42)(H,41,43);4*1H/t24-,25+;;;;/m0..../s1. The highest BCUT2D eigenvalue weighted by Gasteiger charge is 2.33. The van der Waals surface area contributed by atoms with Gasteiger partial charge in [-0.05, 0) is 119 Å². The van der Waals surface area contributed by atoms with Crippen LogP contribution in [0.25, 0.3) is 21.8 Å². The molecule has 7 rings (SSSR count). The Balaban J connectivity index is 0.00000150. The number of unbranched alkanes of at least 4 members (excludes halogenated alkanes) is 4. The number of hydrogen-bond donors (Lipinski definition) is 2. The molecule has 10 heteroatoms. The van der Waals surface area contributed by atoms with Crippen molar-refractivity contribution < 1.29 is 0 Å². The molecule has 3 aliphatic rings. The van der Waals surface area contributed by atoms with Crippen molar-refractivity contribution in [2.75, 3.05) is 23.7 Å². The second kappa shape index (κ2) is 17.8. The SMILES string of the molecule is CC1=C[C@@H]2Cc3nc4cc(Cl)ccc4c(NCCCCCCCNc4c5c(nc6cc(Cl)ccc46)CCCC5)c3[C@H](C1)C2.Cl.Cl.Cl.Cl. The van der Waals surface area contributed by atoms with Gasteiger partial charge < -0.3 is 10.6 Å². The number of fused-ring (bicyclic) bond motifs is 7. The molecule has 4 nitrogen and oxygen atoms in total. The van der Waals surface area contributed by atoms with E-state index in [0.717, 1.165) is 59.9 Å². The zero-order chi connectivity index (χ0) is 29.3. The molecule has 4 aromatic rings. The molecule has 47 heavy (non-hydrogen) atoms. The van der Waals surface area contributed by atoms with Crippen LogP contribution >= 0.6 is 72.8 Å². The minimum absolute atomic E-state index is 0. The van der Waals surface area contributed by atoms with E-state index in [1.165, 1.54) is 102 Å². The summed E-state index contributed by atoms with van der Waals surface area (Å²) in [6.45, 7) is 4.29. The molecule has 0 fully saturated rings. The lowest BCUT2D eigenvalue weighted by Gasteiger charge is -2.36. The molecule has 0 aliphatic heterocycles. The highest BCUT2D eigenvalue weighted by atomic mass is 35.5. The average molecular weight is 760 g/mol. The number of aryl methyl sites for hydroxylation is 1. The van der Waals surface area contributed by atoms with E-state index in [1.807, 2.05) is 24.3 Å². The molecule has 2 aromatic heterocycles. The van der Waals surface area contributed by atoms with Crippen LogP contribution in [-0.4, -0.2) is 23.1 Å². The van der Waals surface area contributed by atoms with Gasteiger partial charge in [-0.25, -0.2) is 0 Å². The van der Waals surface area contributed by atoms with Crippen LogP contribution in [-0.2, 0) is 19.3 Å². The van der Waals surface area contributed by atoms with Gasteiger partial charge in [0.1, 0.15) is 0 Å². The Bertz CT molecular complexity index is 1710. The molecule has 0 unspecified atom stereocenters. The third kappa shape index (κ3) is 8.74. The van der Waals surface area contributed by atoms with Crippen molar-refractivity contribution in [3.8, 4) is 0 Å². The summed E-state index contributed by atoms with van der Waals surface area (Å²) in [6, 6.07) is 12.3. The highest BCUT2D eigenvalue weighted by molar-refractivity contribution is 6.31. The van der Waals surface area contributed by atoms with E-state index < -0.39 is 0 Å². The van der Waals surface area contributed by atoms with Crippen LogP contribution in [0.4, 0.5) is 11.4 Å². The van der Waals surface area contributed by atoms with E-state index in [-0.39, 0.29) is 49.6 Å². The summed E-state index contributed by atoms with van der Waals surface area (Å²) in [7, 11) is 0. The number of hydrogen-bond acceptors (Lipinski definition) is 4. The minimum atomic E-state index is 0. The van der Waals surface area contributed by atoms with Crippen LogP contribution in [0.5, 0.6) is 0 Å². The molecular weight excluding hydrogens is 713 g/mol. The highest BCUT2D eigenvalue weighted by Crippen LogP contribution is 2.47. The van der Waals surface area contributed by atoms with Gasteiger partial charge >= 0.3 is 0 Å². The molecule has 2 aromatic carbocycles. The second-order valence-electron chi connectivity index (χ2n) is 13.0. The summed E-state index contributed by atoms with van der Waals surface area (Å²) in [6.07, 6.45) is 16.7. The first kappa shape index (κ1) is 39.8. The van der Waals surface area contributed by atoms with E-state index in [1.54, 1.807) is 0 Å². The van der Waals surface area contributed by atoms with E-state index in [4.69, 9.17) is 33.2 Å². The monoisotopic (exact) mass is 756 g/mol. The summed E-state index contributed by atoms with van der Waals surface area (Å²) in [5, 5.41) is 11.6. The molecule has 0 saturated heterocycles.